The van der Waals surface area contributed by atoms with Crippen LogP contribution in [-0.2, 0) is 0 Å². The number of halogens is 2. The molecular weight excluding hydrogens is 332 g/mol. The highest BCUT2D eigenvalue weighted by atomic mass is 79.9. The molecule has 0 saturated heterocycles. The first-order valence-electron chi connectivity index (χ1n) is 5.47. The van der Waals surface area contributed by atoms with Gasteiger partial charge in [-0.3, -0.25) is 0 Å². The second-order valence-corrected chi connectivity index (χ2v) is 6.35. The minimum Gasteiger partial charge on any atom is -0.389 e. The van der Waals surface area contributed by atoms with Gasteiger partial charge < -0.3 is 5.11 Å². The van der Waals surface area contributed by atoms with Crippen LogP contribution in [0.1, 0.15) is 18.6 Å². The molecule has 2 rings (SSSR count). The van der Waals surface area contributed by atoms with Crippen LogP contribution in [-0.4, -0.2) is 5.11 Å². The number of benzene rings is 2. The molecule has 0 amide bonds. The summed E-state index contributed by atoms with van der Waals surface area (Å²) >= 11 is 11.0. The van der Waals surface area contributed by atoms with Gasteiger partial charge in [0.05, 0.1) is 6.10 Å². The van der Waals surface area contributed by atoms with E-state index in [1.165, 1.54) is 0 Å². The fourth-order valence-corrected chi connectivity index (χ4v) is 3.39. The van der Waals surface area contributed by atoms with E-state index in [1.54, 1.807) is 18.7 Å². The van der Waals surface area contributed by atoms with E-state index in [2.05, 4.69) is 15.9 Å². The fourth-order valence-electron chi connectivity index (χ4n) is 1.55. The summed E-state index contributed by atoms with van der Waals surface area (Å²) in [6.45, 7) is 1.76. The molecular formula is C14H12BrClOS. The summed E-state index contributed by atoms with van der Waals surface area (Å²) in [7, 11) is 0. The molecule has 2 aromatic carbocycles. The zero-order valence-corrected chi connectivity index (χ0v) is 12.9. The third kappa shape index (κ3) is 3.51. The van der Waals surface area contributed by atoms with E-state index in [0.717, 1.165) is 24.8 Å². The van der Waals surface area contributed by atoms with Gasteiger partial charge in [-0.25, -0.2) is 0 Å². The average molecular weight is 344 g/mol. The van der Waals surface area contributed by atoms with Gasteiger partial charge in [0.15, 0.2) is 0 Å². The molecule has 4 heteroatoms. The van der Waals surface area contributed by atoms with Gasteiger partial charge in [-0.1, -0.05) is 45.4 Å². The van der Waals surface area contributed by atoms with Crippen molar-refractivity contribution < 1.29 is 5.11 Å². The molecule has 1 nitrogen and oxygen atoms in total. The van der Waals surface area contributed by atoms with Crippen molar-refractivity contribution in [3.8, 4) is 0 Å². The largest absolute Gasteiger partial charge is 0.389 e. The summed E-state index contributed by atoms with van der Waals surface area (Å²) in [5.74, 6) is 0. The van der Waals surface area contributed by atoms with Crippen LogP contribution in [0.4, 0.5) is 0 Å². The Morgan fingerprint density at radius 3 is 2.28 bits per heavy atom. The van der Waals surface area contributed by atoms with E-state index in [1.807, 2.05) is 42.5 Å². The zero-order chi connectivity index (χ0) is 13.1. The lowest BCUT2D eigenvalue weighted by atomic mass is 10.1. The molecule has 0 aliphatic carbocycles. The van der Waals surface area contributed by atoms with E-state index >= 15 is 0 Å². The van der Waals surface area contributed by atoms with E-state index in [-0.39, 0.29) is 0 Å². The molecule has 0 heterocycles. The van der Waals surface area contributed by atoms with Crippen LogP contribution in [0.2, 0.25) is 5.02 Å². The topological polar surface area (TPSA) is 20.2 Å². The second-order valence-electron chi connectivity index (χ2n) is 3.92. The molecule has 0 unspecified atom stereocenters. The van der Waals surface area contributed by atoms with E-state index in [9.17, 15) is 5.11 Å². The Morgan fingerprint density at radius 1 is 1.11 bits per heavy atom. The lowest BCUT2D eigenvalue weighted by molar-refractivity contribution is 0.198. The smallest absolute Gasteiger partial charge is 0.0772 e. The maximum Gasteiger partial charge on any atom is 0.0772 e. The number of aliphatic hydroxyl groups is 1. The van der Waals surface area contributed by atoms with Crippen LogP contribution in [0.25, 0.3) is 0 Å². The predicted molar refractivity (Wildman–Crippen MR) is 80.4 cm³/mol. The monoisotopic (exact) mass is 342 g/mol. The highest BCUT2D eigenvalue weighted by Gasteiger charge is 2.07. The van der Waals surface area contributed by atoms with Gasteiger partial charge in [-0.05, 0) is 48.9 Å². The molecule has 18 heavy (non-hydrogen) atoms. The molecule has 94 valence electrons. The Morgan fingerprint density at radius 2 is 1.72 bits per heavy atom. The summed E-state index contributed by atoms with van der Waals surface area (Å²) in [4.78, 5) is 2.25. The Kier molecular flexibility index (Phi) is 4.73. The van der Waals surface area contributed by atoms with Crippen LogP contribution < -0.4 is 0 Å². The van der Waals surface area contributed by atoms with Crippen molar-refractivity contribution >= 4 is 39.3 Å². The normalized spacial score (nSPS) is 12.4. The van der Waals surface area contributed by atoms with Gasteiger partial charge in [-0.15, -0.1) is 0 Å². The number of hydrogen-bond donors (Lipinski definition) is 1. The van der Waals surface area contributed by atoms with Crippen molar-refractivity contribution in [3.63, 3.8) is 0 Å². The van der Waals surface area contributed by atoms with Gasteiger partial charge in [0, 0.05) is 19.3 Å². The minimum absolute atomic E-state index is 0.464. The van der Waals surface area contributed by atoms with E-state index in [0.29, 0.717) is 0 Å². The van der Waals surface area contributed by atoms with Crippen LogP contribution in [0.15, 0.2) is 56.7 Å². The van der Waals surface area contributed by atoms with Crippen molar-refractivity contribution in [2.24, 2.45) is 0 Å². The maximum atomic E-state index is 9.56. The Hall–Kier alpha value is -0.480. The highest BCUT2D eigenvalue weighted by Crippen LogP contribution is 2.33. The Bertz CT molecular complexity index is 540. The summed E-state index contributed by atoms with van der Waals surface area (Å²) in [5.41, 5.74) is 0.899. The predicted octanol–water partition coefficient (Wildman–Crippen LogP) is 5.31. The van der Waals surface area contributed by atoms with Crippen molar-refractivity contribution in [2.45, 2.75) is 22.8 Å². The second kappa shape index (κ2) is 6.11. The minimum atomic E-state index is -0.464. The molecule has 0 bridgehead atoms. The van der Waals surface area contributed by atoms with Crippen molar-refractivity contribution in [3.05, 3.63) is 57.5 Å². The lowest BCUT2D eigenvalue weighted by Crippen LogP contribution is -1.92. The Labute approximate surface area is 124 Å². The van der Waals surface area contributed by atoms with Gasteiger partial charge in [-0.2, -0.15) is 0 Å². The number of aliphatic hydroxyl groups excluding tert-OH is 1. The molecule has 0 aliphatic rings. The fraction of sp³-hybridized carbons (Fsp3) is 0.143. The van der Waals surface area contributed by atoms with Crippen LogP contribution in [0.3, 0.4) is 0 Å². The van der Waals surface area contributed by atoms with E-state index in [4.69, 9.17) is 11.6 Å². The first kappa shape index (κ1) is 13.9. The van der Waals surface area contributed by atoms with Gasteiger partial charge in [0.2, 0.25) is 0 Å². The molecule has 2 aromatic rings. The molecule has 0 fully saturated rings. The molecule has 0 aliphatic heterocycles. The maximum absolute atomic E-state index is 9.56. The molecule has 0 aromatic heterocycles. The summed E-state index contributed by atoms with van der Waals surface area (Å²) in [5, 5.41) is 10.3. The number of hydrogen-bond acceptors (Lipinski definition) is 2. The summed E-state index contributed by atoms with van der Waals surface area (Å²) in [6.07, 6.45) is -0.464. The first-order valence-corrected chi connectivity index (χ1v) is 7.46. The van der Waals surface area contributed by atoms with Gasteiger partial charge in [0.25, 0.3) is 0 Å². The third-order valence-corrected chi connectivity index (χ3v) is 4.41. The first-order chi connectivity index (χ1) is 8.56. The van der Waals surface area contributed by atoms with E-state index < -0.39 is 6.10 Å². The van der Waals surface area contributed by atoms with Crippen molar-refractivity contribution in [2.75, 3.05) is 0 Å². The molecule has 0 saturated carbocycles. The zero-order valence-electron chi connectivity index (χ0n) is 9.73. The van der Waals surface area contributed by atoms with Crippen LogP contribution >= 0.6 is 39.3 Å². The Balaban J connectivity index is 2.20. The molecule has 0 radical (unpaired) electrons. The highest BCUT2D eigenvalue weighted by molar-refractivity contribution is 9.10. The van der Waals surface area contributed by atoms with Crippen molar-refractivity contribution in [1.82, 2.24) is 0 Å². The molecule has 0 spiro atoms. The SMILES string of the molecule is C[C@H](O)c1ccc(Sc2ccc(Cl)cc2)cc1Br. The quantitative estimate of drug-likeness (QED) is 0.815. The van der Waals surface area contributed by atoms with Crippen LogP contribution in [0.5, 0.6) is 0 Å². The van der Waals surface area contributed by atoms with Gasteiger partial charge in [0.1, 0.15) is 0 Å². The van der Waals surface area contributed by atoms with Gasteiger partial charge >= 0.3 is 0 Å². The molecule has 1 N–H and O–H groups in total. The lowest BCUT2D eigenvalue weighted by Gasteiger charge is -2.09. The van der Waals surface area contributed by atoms with Crippen LogP contribution in [0, 0.1) is 0 Å². The molecule has 1 atom stereocenters. The summed E-state index contributed by atoms with van der Waals surface area (Å²) in [6, 6.07) is 13.7. The number of rotatable bonds is 3. The third-order valence-electron chi connectivity index (χ3n) is 2.47. The standard InChI is InChI=1S/C14H12BrClOS/c1-9(17)13-7-6-12(8-14(13)15)18-11-4-2-10(16)3-5-11/h2-9,17H,1H3/t9-/m0/s1. The summed E-state index contributed by atoms with van der Waals surface area (Å²) < 4.78 is 0.927. The average Bonchev–Trinajstić information content (AvgIpc) is 2.32. The van der Waals surface area contributed by atoms with Crippen molar-refractivity contribution in [1.29, 1.82) is 0 Å².